The first kappa shape index (κ1) is 17.1. The normalized spacial score (nSPS) is 13.4. The molecular formula is C13H26N4O2S. The second-order valence-corrected chi connectivity index (χ2v) is 8.25. The number of hydrogen-bond acceptors (Lipinski definition) is 4. The first-order valence-electron chi connectivity index (χ1n) is 6.73. The Labute approximate surface area is 122 Å². The summed E-state index contributed by atoms with van der Waals surface area (Å²) < 4.78 is 27.1. The lowest BCUT2D eigenvalue weighted by Crippen LogP contribution is -2.40. The average molecular weight is 302 g/mol. The largest absolute Gasteiger partial charge is 0.332 e. The molecule has 0 amide bonds. The van der Waals surface area contributed by atoms with Crippen molar-refractivity contribution in [2.45, 2.75) is 38.6 Å². The molecule has 0 aliphatic rings. The number of aromatic amines is 1. The van der Waals surface area contributed by atoms with E-state index < -0.39 is 10.0 Å². The Morgan fingerprint density at radius 3 is 2.45 bits per heavy atom. The van der Waals surface area contributed by atoms with E-state index in [1.54, 1.807) is 0 Å². The van der Waals surface area contributed by atoms with Gasteiger partial charge < -0.3 is 9.88 Å². The molecule has 0 unspecified atom stereocenters. The van der Waals surface area contributed by atoms with E-state index in [2.05, 4.69) is 14.7 Å². The van der Waals surface area contributed by atoms with Gasteiger partial charge in [-0.1, -0.05) is 27.7 Å². The predicted molar refractivity (Wildman–Crippen MR) is 80.2 cm³/mol. The quantitative estimate of drug-likeness (QED) is 0.798. The molecule has 1 aromatic heterocycles. The van der Waals surface area contributed by atoms with Gasteiger partial charge in [0.2, 0.25) is 0 Å². The molecule has 0 aliphatic heterocycles. The van der Waals surface area contributed by atoms with E-state index in [0.29, 0.717) is 12.4 Å². The van der Waals surface area contributed by atoms with Crippen molar-refractivity contribution < 1.29 is 8.42 Å². The number of hydrogen-bond donors (Lipinski definition) is 2. The minimum Gasteiger partial charge on any atom is -0.332 e. The Balaban J connectivity index is 2.75. The van der Waals surface area contributed by atoms with Crippen molar-refractivity contribution in [3.63, 3.8) is 0 Å². The third kappa shape index (κ3) is 4.88. The molecule has 0 aliphatic carbocycles. The van der Waals surface area contributed by atoms with Gasteiger partial charge in [0.25, 0.3) is 10.0 Å². The smallest absolute Gasteiger partial charge is 0.257 e. The van der Waals surface area contributed by atoms with Crippen molar-refractivity contribution in [2.75, 3.05) is 27.2 Å². The molecule has 0 atom stereocenters. The van der Waals surface area contributed by atoms with Gasteiger partial charge >= 0.3 is 0 Å². The van der Waals surface area contributed by atoms with Crippen LogP contribution in [0.4, 0.5) is 0 Å². The first-order valence-corrected chi connectivity index (χ1v) is 8.21. The molecule has 1 aromatic rings. The Morgan fingerprint density at radius 1 is 1.40 bits per heavy atom. The Morgan fingerprint density at radius 2 is 2.00 bits per heavy atom. The van der Waals surface area contributed by atoms with E-state index in [1.807, 2.05) is 46.7 Å². The van der Waals surface area contributed by atoms with Gasteiger partial charge in [-0.15, -0.1) is 0 Å². The number of H-pyrrole nitrogens is 1. The summed E-state index contributed by atoms with van der Waals surface area (Å²) in [6.07, 6.45) is 1.37. The fourth-order valence-corrected chi connectivity index (χ4v) is 3.20. The van der Waals surface area contributed by atoms with Gasteiger partial charge in [0.05, 0.1) is 6.20 Å². The van der Waals surface area contributed by atoms with Gasteiger partial charge in [0.1, 0.15) is 5.82 Å². The third-order valence-electron chi connectivity index (χ3n) is 2.89. The lowest BCUT2D eigenvalue weighted by Gasteiger charge is -2.28. The standard InChI is InChI=1S/C13H26N4O2S/c1-10(2)12-14-7-11(16-12)20(18,19)15-8-13(3,4)9-17(5)6/h7,10,15H,8-9H2,1-6H3,(H,14,16). The second kappa shape index (κ2) is 6.24. The molecule has 0 saturated heterocycles. The summed E-state index contributed by atoms with van der Waals surface area (Å²) >= 11 is 0. The predicted octanol–water partition coefficient (Wildman–Crippen LogP) is 1.40. The lowest BCUT2D eigenvalue weighted by molar-refractivity contribution is 0.242. The SMILES string of the molecule is CC(C)c1ncc(S(=O)(=O)NCC(C)(C)CN(C)C)[nH]1. The van der Waals surface area contributed by atoms with Gasteiger partial charge in [-0.3, -0.25) is 0 Å². The highest BCUT2D eigenvalue weighted by atomic mass is 32.2. The minimum atomic E-state index is -3.53. The number of imidazole rings is 1. The summed E-state index contributed by atoms with van der Waals surface area (Å²) in [5, 5.41) is 0.127. The van der Waals surface area contributed by atoms with Crippen molar-refractivity contribution in [1.82, 2.24) is 19.6 Å². The third-order valence-corrected chi connectivity index (χ3v) is 4.20. The van der Waals surface area contributed by atoms with Crippen molar-refractivity contribution >= 4 is 10.0 Å². The summed E-state index contributed by atoms with van der Waals surface area (Å²) in [5.41, 5.74) is -0.141. The maximum absolute atomic E-state index is 12.2. The molecule has 0 fully saturated rings. The lowest BCUT2D eigenvalue weighted by atomic mass is 9.93. The van der Waals surface area contributed by atoms with Crippen molar-refractivity contribution in [1.29, 1.82) is 0 Å². The van der Waals surface area contributed by atoms with Gasteiger partial charge in [0.15, 0.2) is 5.03 Å². The number of sulfonamides is 1. The molecule has 0 saturated carbocycles. The molecular weight excluding hydrogens is 276 g/mol. The van der Waals surface area contributed by atoms with Gasteiger partial charge in [-0.2, -0.15) is 0 Å². The Hall–Kier alpha value is -0.920. The number of nitrogens with zero attached hydrogens (tertiary/aromatic N) is 2. The molecule has 0 aromatic carbocycles. The minimum absolute atomic E-state index is 0.127. The molecule has 116 valence electrons. The number of aromatic nitrogens is 2. The summed E-state index contributed by atoms with van der Waals surface area (Å²) in [7, 11) is 0.416. The van der Waals surface area contributed by atoms with Crippen LogP contribution >= 0.6 is 0 Å². The molecule has 6 nitrogen and oxygen atoms in total. The van der Waals surface area contributed by atoms with Crippen LogP contribution in [0.1, 0.15) is 39.4 Å². The maximum Gasteiger partial charge on any atom is 0.257 e. The number of rotatable bonds is 7. The molecule has 0 bridgehead atoms. The van der Waals surface area contributed by atoms with Crippen LogP contribution in [-0.2, 0) is 10.0 Å². The molecule has 20 heavy (non-hydrogen) atoms. The first-order chi connectivity index (χ1) is 9.03. The molecule has 0 radical (unpaired) electrons. The van der Waals surface area contributed by atoms with Crippen molar-refractivity contribution in [3.05, 3.63) is 12.0 Å². The van der Waals surface area contributed by atoms with Crippen LogP contribution in [0.2, 0.25) is 0 Å². The molecule has 2 N–H and O–H groups in total. The van der Waals surface area contributed by atoms with Crippen molar-refractivity contribution in [2.24, 2.45) is 5.41 Å². The highest BCUT2D eigenvalue weighted by Crippen LogP contribution is 2.17. The van der Waals surface area contributed by atoms with Crippen LogP contribution in [0.25, 0.3) is 0 Å². The zero-order valence-corrected chi connectivity index (χ0v) is 14.0. The van der Waals surface area contributed by atoms with Gasteiger partial charge in [0, 0.05) is 19.0 Å². The Bertz CT molecular complexity index is 532. The summed E-state index contributed by atoms with van der Waals surface area (Å²) in [5.74, 6) is 0.849. The highest BCUT2D eigenvalue weighted by Gasteiger charge is 2.24. The topological polar surface area (TPSA) is 78.1 Å². The monoisotopic (exact) mass is 302 g/mol. The average Bonchev–Trinajstić information content (AvgIpc) is 2.75. The van der Waals surface area contributed by atoms with Crippen LogP contribution < -0.4 is 4.72 Å². The number of nitrogens with one attached hydrogen (secondary N) is 2. The molecule has 0 spiro atoms. The summed E-state index contributed by atoms with van der Waals surface area (Å²) in [4.78, 5) is 8.99. The Kier molecular flexibility index (Phi) is 5.34. The van der Waals surface area contributed by atoms with E-state index in [-0.39, 0.29) is 16.4 Å². The van der Waals surface area contributed by atoms with E-state index in [1.165, 1.54) is 6.20 Å². The molecule has 1 heterocycles. The van der Waals surface area contributed by atoms with E-state index in [0.717, 1.165) is 6.54 Å². The molecule has 1 rings (SSSR count). The van der Waals surface area contributed by atoms with Crippen LogP contribution in [-0.4, -0.2) is 50.5 Å². The van der Waals surface area contributed by atoms with E-state index in [9.17, 15) is 8.42 Å². The van der Waals surface area contributed by atoms with E-state index in [4.69, 9.17) is 0 Å². The van der Waals surface area contributed by atoms with Crippen LogP contribution in [0.5, 0.6) is 0 Å². The molecule has 7 heteroatoms. The summed E-state index contributed by atoms with van der Waals surface area (Å²) in [6.45, 7) is 9.16. The zero-order valence-electron chi connectivity index (χ0n) is 13.2. The zero-order chi connectivity index (χ0) is 15.6. The summed E-state index contributed by atoms with van der Waals surface area (Å²) in [6, 6.07) is 0. The van der Waals surface area contributed by atoms with Gasteiger partial charge in [-0.05, 0) is 19.5 Å². The highest BCUT2D eigenvalue weighted by molar-refractivity contribution is 7.89. The maximum atomic E-state index is 12.2. The van der Waals surface area contributed by atoms with Crippen LogP contribution in [0.15, 0.2) is 11.2 Å². The van der Waals surface area contributed by atoms with Crippen LogP contribution in [0.3, 0.4) is 0 Å². The fourth-order valence-electron chi connectivity index (χ4n) is 2.03. The van der Waals surface area contributed by atoms with Crippen LogP contribution in [0, 0.1) is 5.41 Å². The fraction of sp³-hybridized carbons (Fsp3) is 0.769. The second-order valence-electron chi connectivity index (χ2n) is 6.51. The van der Waals surface area contributed by atoms with E-state index >= 15 is 0 Å². The van der Waals surface area contributed by atoms with Crippen molar-refractivity contribution in [3.8, 4) is 0 Å². The van der Waals surface area contributed by atoms with Gasteiger partial charge in [-0.25, -0.2) is 18.1 Å².